The standard InChI is InChI=1S/C17H20BrN3O2.ClH/c18-13-1-2-15-12(9-13)10-16(23-15)17(22)21-6-3-14(11-21)20-7-4-19-5-8-20;/h1-2,9-10,14,19H,3-8,11H2;1H. The first kappa shape index (κ1) is 17.7. The summed E-state index contributed by atoms with van der Waals surface area (Å²) >= 11 is 3.45. The number of carbonyl (C=O) groups is 1. The second-order valence-electron chi connectivity index (χ2n) is 6.27. The highest BCUT2D eigenvalue weighted by molar-refractivity contribution is 9.10. The van der Waals surface area contributed by atoms with Gasteiger partial charge >= 0.3 is 0 Å². The van der Waals surface area contributed by atoms with E-state index in [0.29, 0.717) is 11.8 Å². The molecule has 0 saturated carbocycles. The number of amides is 1. The van der Waals surface area contributed by atoms with Crippen LogP contribution in [-0.2, 0) is 0 Å². The van der Waals surface area contributed by atoms with Crippen molar-refractivity contribution in [3.63, 3.8) is 0 Å². The largest absolute Gasteiger partial charge is 0.451 e. The smallest absolute Gasteiger partial charge is 0.289 e. The van der Waals surface area contributed by atoms with Crippen molar-refractivity contribution in [2.24, 2.45) is 0 Å². The molecule has 1 aromatic heterocycles. The molecule has 1 amide bonds. The fourth-order valence-electron chi connectivity index (χ4n) is 3.55. The van der Waals surface area contributed by atoms with Crippen molar-refractivity contribution in [3.05, 3.63) is 34.5 Å². The molecule has 1 N–H and O–H groups in total. The summed E-state index contributed by atoms with van der Waals surface area (Å²) in [5.74, 6) is 0.453. The quantitative estimate of drug-likeness (QED) is 0.821. The topological polar surface area (TPSA) is 48.7 Å². The molecule has 130 valence electrons. The minimum Gasteiger partial charge on any atom is -0.451 e. The zero-order valence-electron chi connectivity index (χ0n) is 13.3. The van der Waals surface area contributed by atoms with Gasteiger partial charge in [-0.2, -0.15) is 0 Å². The van der Waals surface area contributed by atoms with Crippen LogP contribution in [0, 0.1) is 0 Å². The van der Waals surface area contributed by atoms with Crippen LogP contribution in [0.1, 0.15) is 17.0 Å². The highest BCUT2D eigenvalue weighted by Crippen LogP contribution is 2.25. The molecule has 2 fully saturated rings. The first-order chi connectivity index (χ1) is 11.2. The lowest BCUT2D eigenvalue weighted by Gasteiger charge is -2.32. The summed E-state index contributed by atoms with van der Waals surface area (Å²) in [6.45, 7) is 5.86. The van der Waals surface area contributed by atoms with E-state index in [1.54, 1.807) is 0 Å². The van der Waals surface area contributed by atoms with Gasteiger partial charge in [0.1, 0.15) is 5.58 Å². The normalized spacial score (nSPS) is 21.9. The van der Waals surface area contributed by atoms with Crippen molar-refractivity contribution in [1.82, 2.24) is 15.1 Å². The summed E-state index contributed by atoms with van der Waals surface area (Å²) in [5, 5.41) is 4.34. The van der Waals surface area contributed by atoms with Crippen molar-refractivity contribution in [1.29, 1.82) is 0 Å². The third-order valence-electron chi connectivity index (χ3n) is 4.81. The Bertz CT molecular complexity index is 730. The number of fused-ring (bicyclic) bond motifs is 1. The fraction of sp³-hybridized carbons (Fsp3) is 0.471. The first-order valence-corrected chi connectivity index (χ1v) is 8.93. The second kappa shape index (κ2) is 7.44. The van der Waals surface area contributed by atoms with Crippen LogP contribution in [0.4, 0.5) is 0 Å². The van der Waals surface area contributed by atoms with Crippen molar-refractivity contribution in [2.45, 2.75) is 12.5 Å². The average Bonchev–Trinajstić information content (AvgIpc) is 3.21. The van der Waals surface area contributed by atoms with Gasteiger partial charge in [-0.25, -0.2) is 0 Å². The van der Waals surface area contributed by atoms with Gasteiger partial charge in [-0.3, -0.25) is 9.69 Å². The number of likely N-dealkylation sites (tertiary alicyclic amines) is 1. The van der Waals surface area contributed by atoms with Crippen LogP contribution >= 0.6 is 28.3 Å². The molecular formula is C17H21BrClN3O2. The van der Waals surface area contributed by atoms with Crippen molar-refractivity contribution >= 4 is 45.2 Å². The maximum absolute atomic E-state index is 12.7. The summed E-state index contributed by atoms with van der Waals surface area (Å²) < 4.78 is 6.73. The lowest BCUT2D eigenvalue weighted by Crippen LogP contribution is -2.49. The van der Waals surface area contributed by atoms with Gasteiger partial charge in [-0.1, -0.05) is 15.9 Å². The zero-order chi connectivity index (χ0) is 15.8. The highest BCUT2D eigenvalue weighted by Gasteiger charge is 2.32. The van der Waals surface area contributed by atoms with Crippen molar-refractivity contribution in [2.75, 3.05) is 39.3 Å². The molecule has 0 radical (unpaired) electrons. The highest BCUT2D eigenvalue weighted by atomic mass is 79.9. The summed E-state index contributed by atoms with van der Waals surface area (Å²) in [4.78, 5) is 17.1. The number of hydrogen-bond donors (Lipinski definition) is 1. The molecule has 0 spiro atoms. The SMILES string of the molecule is Cl.O=C(c1cc2cc(Br)ccc2o1)N1CCC(N2CCNCC2)C1. The van der Waals surface area contributed by atoms with Crippen LogP contribution in [0.2, 0.25) is 0 Å². The monoisotopic (exact) mass is 413 g/mol. The number of furan rings is 1. The maximum atomic E-state index is 12.7. The average molecular weight is 415 g/mol. The van der Waals surface area contributed by atoms with Gasteiger partial charge in [0.2, 0.25) is 0 Å². The molecule has 0 bridgehead atoms. The number of nitrogens with zero attached hydrogens (tertiary/aromatic N) is 2. The van der Waals surface area contributed by atoms with E-state index in [-0.39, 0.29) is 18.3 Å². The van der Waals surface area contributed by atoms with Gasteiger partial charge in [0.25, 0.3) is 5.91 Å². The van der Waals surface area contributed by atoms with Crippen LogP contribution in [-0.4, -0.2) is 61.0 Å². The first-order valence-electron chi connectivity index (χ1n) is 8.14. The predicted molar refractivity (Wildman–Crippen MR) is 99.9 cm³/mol. The molecule has 1 aromatic carbocycles. The van der Waals surface area contributed by atoms with E-state index < -0.39 is 0 Å². The Kier molecular flexibility index (Phi) is 5.49. The number of halogens is 2. The number of benzene rings is 1. The van der Waals surface area contributed by atoms with Crippen LogP contribution in [0.25, 0.3) is 11.0 Å². The van der Waals surface area contributed by atoms with E-state index in [0.717, 1.165) is 61.1 Å². The van der Waals surface area contributed by atoms with E-state index in [2.05, 4.69) is 26.1 Å². The summed E-state index contributed by atoms with van der Waals surface area (Å²) in [6, 6.07) is 8.13. The summed E-state index contributed by atoms with van der Waals surface area (Å²) in [5.41, 5.74) is 0.759. The van der Waals surface area contributed by atoms with Crippen LogP contribution in [0.3, 0.4) is 0 Å². The Morgan fingerprint density at radius 3 is 2.79 bits per heavy atom. The molecular weight excluding hydrogens is 394 g/mol. The summed E-state index contributed by atoms with van der Waals surface area (Å²) in [6.07, 6.45) is 1.05. The predicted octanol–water partition coefficient (Wildman–Crippen LogP) is 2.74. The minimum atomic E-state index is 0. The van der Waals surface area contributed by atoms with E-state index in [9.17, 15) is 4.79 Å². The van der Waals surface area contributed by atoms with E-state index in [1.165, 1.54) is 0 Å². The minimum absolute atomic E-state index is 0. The molecule has 4 rings (SSSR count). The van der Waals surface area contributed by atoms with E-state index >= 15 is 0 Å². The molecule has 24 heavy (non-hydrogen) atoms. The zero-order valence-corrected chi connectivity index (χ0v) is 15.7. The fourth-order valence-corrected chi connectivity index (χ4v) is 3.93. The number of nitrogens with one attached hydrogen (secondary N) is 1. The maximum Gasteiger partial charge on any atom is 0.289 e. The number of piperazine rings is 1. The molecule has 2 aromatic rings. The lowest BCUT2D eigenvalue weighted by atomic mass is 10.2. The Hall–Kier alpha value is -1.08. The van der Waals surface area contributed by atoms with Crippen LogP contribution in [0.5, 0.6) is 0 Å². The van der Waals surface area contributed by atoms with Gasteiger partial charge in [-0.15, -0.1) is 12.4 Å². The third-order valence-corrected chi connectivity index (χ3v) is 5.30. The molecule has 7 heteroatoms. The van der Waals surface area contributed by atoms with Crippen LogP contribution < -0.4 is 5.32 Å². The Labute approximate surface area is 155 Å². The molecule has 5 nitrogen and oxygen atoms in total. The van der Waals surface area contributed by atoms with Crippen molar-refractivity contribution in [3.8, 4) is 0 Å². The van der Waals surface area contributed by atoms with Crippen LogP contribution in [0.15, 0.2) is 33.2 Å². The van der Waals surface area contributed by atoms with Gasteiger partial charge in [0, 0.05) is 55.2 Å². The lowest BCUT2D eigenvalue weighted by molar-refractivity contribution is 0.0744. The van der Waals surface area contributed by atoms with Crippen molar-refractivity contribution < 1.29 is 9.21 Å². The molecule has 2 aliphatic heterocycles. The number of rotatable bonds is 2. The Balaban J connectivity index is 0.00000169. The Morgan fingerprint density at radius 2 is 2.00 bits per heavy atom. The molecule has 3 heterocycles. The molecule has 1 unspecified atom stereocenters. The van der Waals surface area contributed by atoms with Gasteiger partial charge in [0.15, 0.2) is 5.76 Å². The van der Waals surface area contributed by atoms with Gasteiger partial charge in [-0.05, 0) is 30.7 Å². The molecule has 1 atom stereocenters. The summed E-state index contributed by atoms with van der Waals surface area (Å²) in [7, 11) is 0. The number of hydrogen-bond acceptors (Lipinski definition) is 4. The molecule has 0 aliphatic carbocycles. The van der Waals surface area contributed by atoms with Gasteiger partial charge < -0.3 is 14.6 Å². The molecule has 2 aliphatic rings. The Morgan fingerprint density at radius 1 is 1.21 bits per heavy atom. The third kappa shape index (κ3) is 3.47. The number of carbonyl (C=O) groups excluding carboxylic acids is 1. The van der Waals surface area contributed by atoms with E-state index in [4.69, 9.17) is 4.42 Å². The second-order valence-corrected chi connectivity index (χ2v) is 7.19. The van der Waals surface area contributed by atoms with E-state index in [1.807, 2.05) is 29.2 Å². The molecule has 2 saturated heterocycles. The van der Waals surface area contributed by atoms with Gasteiger partial charge in [0.05, 0.1) is 0 Å².